The van der Waals surface area contributed by atoms with Crippen molar-refractivity contribution in [2.75, 3.05) is 13.2 Å². The summed E-state index contributed by atoms with van der Waals surface area (Å²) in [6.45, 7) is 5.34. The standard InChI is InChI=1S/C13H14O/c1-2-12-9-14-10-13(12)8-11-6-4-3-5-7-11/h2-8,12H,1,9-10H2/b13-8+/t12-/m0/s1. The van der Waals surface area contributed by atoms with Gasteiger partial charge in [0.05, 0.1) is 13.2 Å². The maximum absolute atomic E-state index is 5.39. The molecular formula is C13H14O. The summed E-state index contributed by atoms with van der Waals surface area (Å²) in [6.07, 6.45) is 4.15. The SMILES string of the molecule is C=C[C@H]1COC/C1=C\c1ccccc1. The number of benzene rings is 1. The van der Waals surface area contributed by atoms with Crippen LogP contribution in [0.1, 0.15) is 5.56 Å². The zero-order valence-electron chi connectivity index (χ0n) is 8.15. The maximum atomic E-state index is 5.39. The molecule has 1 saturated heterocycles. The summed E-state index contributed by atoms with van der Waals surface area (Å²) in [4.78, 5) is 0. The summed E-state index contributed by atoms with van der Waals surface area (Å²) < 4.78 is 5.39. The van der Waals surface area contributed by atoms with Gasteiger partial charge in [0.2, 0.25) is 0 Å². The topological polar surface area (TPSA) is 9.23 Å². The van der Waals surface area contributed by atoms with Crippen LogP contribution in [0.3, 0.4) is 0 Å². The van der Waals surface area contributed by atoms with Crippen molar-refractivity contribution in [3.8, 4) is 0 Å². The summed E-state index contributed by atoms with van der Waals surface area (Å²) in [7, 11) is 0. The molecule has 0 spiro atoms. The van der Waals surface area contributed by atoms with E-state index in [0.29, 0.717) is 5.92 Å². The molecule has 0 radical (unpaired) electrons. The number of ether oxygens (including phenoxy) is 1. The fourth-order valence-corrected chi connectivity index (χ4v) is 1.65. The first-order valence-electron chi connectivity index (χ1n) is 4.86. The molecule has 1 atom stereocenters. The average Bonchev–Trinajstić information content (AvgIpc) is 2.67. The Morgan fingerprint density at radius 1 is 1.29 bits per heavy atom. The Labute approximate surface area is 84.7 Å². The minimum absolute atomic E-state index is 0.398. The van der Waals surface area contributed by atoms with Gasteiger partial charge in [-0.1, -0.05) is 42.5 Å². The molecule has 0 aliphatic carbocycles. The third kappa shape index (κ3) is 1.94. The summed E-state index contributed by atoms with van der Waals surface area (Å²) in [5.41, 5.74) is 2.56. The molecule has 72 valence electrons. The van der Waals surface area contributed by atoms with Gasteiger partial charge in [0.1, 0.15) is 0 Å². The highest BCUT2D eigenvalue weighted by Crippen LogP contribution is 2.22. The molecule has 0 N–H and O–H groups in total. The van der Waals surface area contributed by atoms with Gasteiger partial charge in [0.25, 0.3) is 0 Å². The molecular weight excluding hydrogens is 172 g/mol. The Morgan fingerprint density at radius 3 is 2.79 bits per heavy atom. The normalized spacial score (nSPS) is 24.0. The van der Waals surface area contributed by atoms with Crippen molar-refractivity contribution < 1.29 is 4.74 Å². The van der Waals surface area contributed by atoms with Gasteiger partial charge in [-0.25, -0.2) is 0 Å². The van der Waals surface area contributed by atoms with E-state index in [1.165, 1.54) is 11.1 Å². The Hall–Kier alpha value is -1.34. The smallest absolute Gasteiger partial charge is 0.0687 e. The van der Waals surface area contributed by atoms with Crippen LogP contribution in [0, 0.1) is 5.92 Å². The van der Waals surface area contributed by atoms with Gasteiger partial charge in [-0.3, -0.25) is 0 Å². The summed E-state index contributed by atoms with van der Waals surface area (Å²) in [5.74, 6) is 0.398. The predicted molar refractivity (Wildman–Crippen MR) is 58.9 cm³/mol. The first-order chi connectivity index (χ1) is 6.90. The first kappa shape index (κ1) is 9.22. The van der Waals surface area contributed by atoms with E-state index in [2.05, 4.69) is 24.8 Å². The second-order valence-electron chi connectivity index (χ2n) is 3.49. The van der Waals surface area contributed by atoms with Crippen LogP contribution in [0.2, 0.25) is 0 Å². The number of rotatable bonds is 2. The Balaban J connectivity index is 2.22. The van der Waals surface area contributed by atoms with Crippen molar-refractivity contribution in [3.05, 3.63) is 54.1 Å². The monoisotopic (exact) mass is 186 g/mol. The summed E-state index contributed by atoms with van der Waals surface area (Å²) >= 11 is 0. The lowest BCUT2D eigenvalue weighted by atomic mass is 10.0. The molecule has 1 nitrogen and oxygen atoms in total. The molecule has 1 fully saturated rings. The number of hydrogen-bond donors (Lipinski definition) is 0. The summed E-state index contributed by atoms with van der Waals surface area (Å²) in [5, 5.41) is 0. The first-order valence-corrected chi connectivity index (χ1v) is 4.86. The van der Waals surface area contributed by atoms with Gasteiger partial charge in [0.15, 0.2) is 0 Å². The van der Waals surface area contributed by atoms with Crippen LogP contribution in [0.25, 0.3) is 6.08 Å². The summed E-state index contributed by atoms with van der Waals surface area (Å²) in [6, 6.07) is 10.3. The third-order valence-electron chi connectivity index (χ3n) is 2.48. The van der Waals surface area contributed by atoms with Crippen LogP contribution in [-0.4, -0.2) is 13.2 Å². The van der Waals surface area contributed by atoms with E-state index >= 15 is 0 Å². The fraction of sp³-hybridized carbons (Fsp3) is 0.231. The van der Waals surface area contributed by atoms with E-state index in [1.54, 1.807) is 0 Å². The zero-order chi connectivity index (χ0) is 9.80. The molecule has 1 aromatic carbocycles. The quantitative estimate of drug-likeness (QED) is 0.645. The lowest BCUT2D eigenvalue weighted by Gasteiger charge is -2.02. The van der Waals surface area contributed by atoms with Crippen molar-refractivity contribution in [3.63, 3.8) is 0 Å². The van der Waals surface area contributed by atoms with E-state index in [0.717, 1.165) is 13.2 Å². The van der Waals surface area contributed by atoms with Crippen LogP contribution in [0.5, 0.6) is 0 Å². The Morgan fingerprint density at radius 2 is 2.07 bits per heavy atom. The fourth-order valence-electron chi connectivity index (χ4n) is 1.65. The van der Waals surface area contributed by atoms with E-state index in [9.17, 15) is 0 Å². The molecule has 1 aliphatic rings. The van der Waals surface area contributed by atoms with Crippen LogP contribution in [0.4, 0.5) is 0 Å². The average molecular weight is 186 g/mol. The van der Waals surface area contributed by atoms with Gasteiger partial charge >= 0.3 is 0 Å². The van der Waals surface area contributed by atoms with E-state index in [-0.39, 0.29) is 0 Å². The Kier molecular flexibility index (Phi) is 2.80. The van der Waals surface area contributed by atoms with Crippen LogP contribution < -0.4 is 0 Å². The second kappa shape index (κ2) is 4.25. The van der Waals surface area contributed by atoms with Crippen LogP contribution in [-0.2, 0) is 4.74 Å². The molecule has 2 rings (SSSR count). The second-order valence-corrected chi connectivity index (χ2v) is 3.49. The molecule has 0 aromatic heterocycles. The molecule has 1 aliphatic heterocycles. The third-order valence-corrected chi connectivity index (χ3v) is 2.48. The van der Waals surface area contributed by atoms with Crippen molar-refractivity contribution in [2.24, 2.45) is 5.92 Å². The molecule has 0 saturated carbocycles. The molecule has 1 heteroatoms. The number of hydrogen-bond acceptors (Lipinski definition) is 1. The minimum Gasteiger partial charge on any atom is -0.376 e. The molecule has 1 aromatic rings. The largest absolute Gasteiger partial charge is 0.376 e. The van der Waals surface area contributed by atoms with Gasteiger partial charge in [0, 0.05) is 5.92 Å². The molecule has 0 amide bonds. The predicted octanol–water partition coefficient (Wildman–Crippen LogP) is 2.90. The highest BCUT2D eigenvalue weighted by Gasteiger charge is 2.17. The highest BCUT2D eigenvalue weighted by atomic mass is 16.5. The minimum atomic E-state index is 0.398. The molecule has 0 bridgehead atoms. The van der Waals surface area contributed by atoms with Crippen molar-refractivity contribution >= 4 is 6.08 Å². The maximum Gasteiger partial charge on any atom is 0.0687 e. The van der Waals surface area contributed by atoms with Gasteiger partial charge in [-0.05, 0) is 11.1 Å². The van der Waals surface area contributed by atoms with Gasteiger partial charge in [-0.2, -0.15) is 0 Å². The van der Waals surface area contributed by atoms with E-state index < -0.39 is 0 Å². The zero-order valence-corrected chi connectivity index (χ0v) is 8.15. The highest BCUT2D eigenvalue weighted by molar-refractivity contribution is 5.54. The van der Waals surface area contributed by atoms with Crippen molar-refractivity contribution in [1.29, 1.82) is 0 Å². The Bertz CT molecular complexity index is 338. The van der Waals surface area contributed by atoms with Crippen LogP contribution >= 0.6 is 0 Å². The van der Waals surface area contributed by atoms with Gasteiger partial charge < -0.3 is 4.74 Å². The van der Waals surface area contributed by atoms with Crippen LogP contribution in [0.15, 0.2) is 48.6 Å². The van der Waals surface area contributed by atoms with Crippen molar-refractivity contribution in [2.45, 2.75) is 0 Å². The molecule has 1 heterocycles. The van der Waals surface area contributed by atoms with E-state index in [1.807, 2.05) is 24.3 Å². The van der Waals surface area contributed by atoms with E-state index in [4.69, 9.17) is 4.74 Å². The lowest BCUT2D eigenvalue weighted by molar-refractivity contribution is 0.195. The lowest BCUT2D eigenvalue weighted by Crippen LogP contribution is -1.96. The van der Waals surface area contributed by atoms with Crippen molar-refractivity contribution in [1.82, 2.24) is 0 Å². The molecule has 0 unspecified atom stereocenters. The van der Waals surface area contributed by atoms with Gasteiger partial charge in [-0.15, -0.1) is 6.58 Å². The molecule has 14 heavy (non-hydrogen) atoms.